The van der Waals surface area contributed by atoms with Gasteiger partial charge in [-0.25, -0.2) is 0 Å². The van der Waals surface area contributed by atoms with Crippen molar-refractivity contribution in [2.45, 2.75) is 45.8 Å². The standard InChI is InChI=1S/C18H22BClN2O3/c1-12(23)22-11-15(19-24-17(2,3)18(4,5)25-19)8-13-6-7-16(20)9-14(13)10-21/h6-9H,11H2,1-5H3,(H,22,23). The molecule has 7 heteroatoms. The quantitative estimate of drug-likeness (QED) is 0.836. The van der Waals surface area contributed by atoms with E-state index in [4.69, 9.17) is 20.9 Å². The van der Waals surface area contributed by atoms with Crippen LogP contribution in [0, 0.1) is 11.3 Å². The first-order valence-corrected chi connectivity index (χ1v) is 8.44. The Morgan fingerprint density at radius 2 is 1.92 bits per heavy atom. The van der Waals surface area contributed by atoms with Crippen LogP contribution in [-0.4, -0.2) is 30.8 Å². The molecule has 0 unspecified atom stereocenters. The lowest BCUT2D eigenvalue weighted by Crippen LogP contribution is -2.41. The summed E-state index contributed by atoms with van der Waals surface area (Å²) in [7, 11) is -0.612. The van der Waals surface area contributed by atoms with Gasteiger partial charge < -0.3 is 14.6 Å². The molecule has 1 aliphatic rings. The van der Waals surface area contributed by atoms with E-state index in [9.17, 15) is 10.1 Å². The summed E-state index contributed by atoms with van der Waals surface area (Å²) in [5.74, 6) is -0.154. The average Bonchev–Trinajstić information content (AvgIpc) is 2.72. The van der Waals surface area contributed by atoms with Gasteiger partial charge in [0.1, 0.15) is 0 Å². The highest BCUT2D eigenvalue weighted by atomic mass is 35.5. The highest BCUT2D eigenvalue weighted by molar-refractivity contribution is 6.56. The fourth-order valence-corrected chi connectivity index (χ4v) is 2.55. The number of hydrogen-bond donors (Lipinski definition) is 1. The Hall–Kier alpha value is -1.81. The van der Waals surface area contributed by atoms with Crippen LogP contribution in [0.3, 0.4) is 0 Å². The van der Waals surface area contributed by atoms with Crippen LogP contribution in [0.1, 0.15) is 45.7 Å². The topological polar surface area (TPSA) is 71.4 Å². The molecule has 5 nitrogen and oxygen atoms in total. The molecule has 132 valence electrons. The van der Waals surface area contributed by atoms with Gasteiger partial charge in [-0.1, -0.05) is 23.7 Å². The predicted octanol–water partition coefficient (Wildman–Crippen LogP) is 3.36. The zero-order valence-electron chi connectivity index (χ0n) is 15.1. The van der Waals surface area contributed by atoms with Crippen molar-refractivity contribution in [1.29, 1.82) is 5.26 Å². The van der Waals surface area contributed by atoms with Gasteiger partial charge in [0, 0.05) is 18.5 Å². The summed E-state index contributed by atoms with van der Waals surface area (Å²) in [4.78, 5) is 11.3. The second kappa shape index (κ2) is 7.21. The average molecular weight is 361 g/mol. The fourth-order valence-electron chi connectivity index (χ4n) is 2.37. The highest BCUT2D eigenvalue weighted by Gasteiger charge is 2.52. The zero-order chi connectivity index (χ0) is 18.8. The molecule has 1 aromatic carbocycles. The Morgan fingerprint density at radius 1 is 1.32 bits per heavy atom. The van der Waals surface area contributed by atoms with Crippen molar-refractivity contribution >= 4 is 30.7 Å². The molecule has 1 N–H and O–H groups in total. The third kappa shape index (κ3) is 4.43. The van der Waals surface area contributed by atoms with Crippen LogP contribution in [0.5, 0.6) is 0 Å². The minimum Gasteiger partial charge on any atom is -0.400 e. The van der Waals surface area contributed by atoms with E-state index in [0.717, 1.165) is 5.47 Å². The molecule has 0 aromatic heterocycles. The first kappa shape index (κ1) is 19.5. The van der Waals surface area contributed by atoms with E-state index in [1.54, 1.807) is 18.2 Å². The van der Waals surface area contributed by atoms with Gasteiger partial charge in [-0.15, -0.1) is 0 Å². The Bertz CT molecular complexity index is 737. The van der Waals surface area contributed by atoms with Crippen molar-refractivity contribution in [3.05, 3.63) is 39.8 Å². The summed E-state index contributed by atoms with van der Waals surface area (Å²) >= 11 is 5.96. The molecule has 1 heterocycles. The van der Waals surface area contributed by atoms with E-state index < -0.39 is 18.3 Å². The number of benzene rings is 1. The molecule has 2 rings (SSSR count). The molecule has 0 saturated carbocycles. The Kier molecular flexibility index (Phi) is 5.63. The van der Waals surface area contributed by atoms with E-state index in [1.807, 2.05) is 33.8 Å². The summed E-state index contributed by atoms with van der Waals surface area (Å²) in [6.45, 7) is 9.57. The van der Waals surface area contributed by atoms with Gasteiger partial charge in [0.05, 0.1) is 22.8 Å². The zero-order valence-corrected chi connectivity index (χ0v) is 15.9. The number of carbonyl (C=O) groups is 1. The summed E-state index contributed by atoms with van der Waals surface area (Å²) < 4.78 is 12.2. The summed E-state index contributed by atoms with van der Waals surface area (Å²) in [6, 6.07) is 7.22. The lowest BCUT2D eigenvalue weighted by atomic mass is 9.76. The van der Waals surface area contributed by atoms with Gasteiger partial charge >= 0.3 is 7.12 Å². The fraction of sp³-hybridized carbons (Fsp3) is 0.444. The molecule has 1 fully saturated rings. The van der Waals surface area contributed by atoms with Gasteiger partial charge in [-0.2, -0.15) is 5.26 Å². The molecule has 1 aliphatic heterocycles. The van der Waals surface area contributed by atoms with Crippen molar-refractivity contribution in [2.24, 2.45) is 0 Å². The van der Waals surface area contributed by atoms with Crippen molar-refractivity contribution in [3.63, 3.8) is 0 Å². The Balaban J connectivity index is 2.41. The predicted molar refractivity (Wildman–Crippen MR) is 98.9 cm³/mol. The van der Waals surface area contributed by atoms with Gasteiger partial charge in [0.15, 0.2) is 0 Å². The maximum atomic E-state index is 11.3. The largest absolute Gasteiger partial charge is 0.492 e. The van der Waals surface area contributed by atoms with Gasteiger partial charge in [0.2, 0.25) is 5.91 Å². The first-order chi connectivity index (χ1) is 11.6. The second-order valence-corrected chi connectivity index (χ2v) is 7.50. The lowest BCUT2D eigenvalue weighted by Gasteiger charge is -2.32. The molecule has 25 heavy (non-hydrogen) atoms. The molecule has 0 aliphatic carbocycles. The number of halogens is 1. The maximum absolute atomic E-state index is 11.3. The number of nitriles is 1. The maximum Gasteiger partial charge on any atom is 0.492 e. The van der Waals surface area contributed by atoms with Gasteiger partial charge in [0.25, 0.3) is 0 Å². The third-order valence-corrected chi connectivity index (χ3v) is 4.81. The number of rotatable bonds is 4. The molecule has 0 atom stereocenters. The van der Waals surface area contributed by atoms with Crippen molar-refractivity contribution < 1.29 is 14.1 Å². The number of amides is 1. The molecule has 0 radical (unpaired) electrons. The Labute approximate surface area is 154 Å². The lowest BCUT2D eigenvalue weighted by molar-refractivity contribution is -0.118. The minimum absolute atomic E-state index is 0.154. The van der Waals surface area contributed by atoms with Crippen LogP contribution in [0.2, 0.25) is 5.02 Å². The van der Waals surface area contributed by atoms with Crippen LogP contribution in [0.25, 0.3) is 6.08 Å². The smallest absolute Gasteiger partial charge is 0.400 e. The highest BCUT2D eigenvalue weighted by Crippen LogP contribution is 2.38. The summed E-state index contributed by atoms with van der Waals surface area (Å²) in [6.07, 6.45) is 1.81. The van der Waals surface area contributed by atoms with Gasteiger partial charge in [-0.3, -0.25) is 4.79 Å². The molecule has 0 bridgehead atoms. The van der Waals surface area contributed by atoms with Crippen LogP contribution in [-0.2, 0) is 14.1 Å². The van der Waals surface area contributed by atoms with Crippen LogP contribution in [0.4, 0.5) is 0 Å². The van der Waals surface area contributed by atoms with Crippen molar-refractivity contribution in [2.75, 3.05) is 6.54 Å². The normalized spacial score (nSPS) is 18.8. The van der Waals surface area contributed by atoms with Crippen LogP contribution < -0.4 is 5.32 Å². The number of nitrogens with zero attached hydrogens (tertiary/aromatic N) is 1. The molecule has 1 amide bonds. The second-order valence-electron chi connectivity index (χ2n) is 7.06. The number of nitrogens with one attached hydrogen (secondary N) is 1. The van der Waals surface area contributed by atoms with E-state index in [0.29, 0.717) is 16.1 Å². The number of carbonyl (C=O) groups excluding carboxylic acids is 1. The van der Waals surface area contributed by atoms with E-state index >= 15 is 0 Å². The van der Waals surface area contributed by atoms with Crippen LogP contribution in [0.15, 0.2) is 23.7 Å². The molecule has 1 aromatic rings. The van der Waals surface area contributed by atoms with E-state index in [1.165, 1.54) is 6.92 Å². The van der Waals surface area contributed by atoms with Gasteiger partial charge in [-0.05, 0) is 50.9 Å². The Morgan fingerprint density at radius 3 is 2.44 bits per heavy atom. The molecule has 1 saturated heterocycles. The van der Waals surface area contributed by atoms with E-state index in [2.05, 4.69) is 11.4 Å². The summed E-state index contributed by atoms with van der Waals surface area (Å²) in [5, 5.41) is 12.6. The first-order valence-electron chi connectivity index (χ1n) is 8.06. The monoisotopic (exact) mass is 360 g/mol. The molecule has 0 spiro atoms. The van der Waals surface area contributed by atoms with Crippen molar-refractivity contribution in [3.8, 4) is 6.07 Å². The third-order valence-electron chi connectivity index (χ3n) is 4.57. The van der Waals surface area contributed by atoms with Crippen molar-refractivity contribution in [1.82, 2.24) is 5.32 Å². The van der Waals surface area contributed by atoms with E-state index in [-0.39, 0.29) is 12.5 Å². The summed E-state index contributed by atoms with van der Waals surface area (Å²) in [5.41, 5.74) is 0.884. The molecular formula is C18H22BClN2O3. The van der Waals surface area contributed by atoms with Crippen LogP contribution >= 0.6 is 11.6 Å². The number of hydrogen-bond acceptors (Lipinski definition) is 4. The minimum atomic E-state index is -0.612. The SMILES string of the molecule is CC(=O)NCC(=Cc1ccc(Cl)cc1C#N)B1OC(C)(C)C(C)(C)O1. The molecular weight excluding hydrogens is 338 g/mol.